The van der Waals surface area contributed by atoms with Gasteiger partial charge in [-0.05, 0) is 31.0 Å². The lowest BCUT2D eigenvalue weighted by Crippen LogP contribution is -2.40. The van der Waals surface area contributed by atoms with Crippen molar-refractivity contribution in [2.24, 2.45) is 5.92 Å². The molecule has 138 valence electrons. The SMILES string of the molecule is CCc1c(C)nc2n(c1=O)CC(C(=O)NCc1cccc(OC)c1)CS2. The van der Waals surface area contributed by atoms with Crippen LogP contribution in [0.1, 0.15) is 23.7 Å². The van der Waals surface area contributed by atoms with Gasteiger partial charge in [0.15, 0.2) is 5.16 Å². The normalized spacial score (nSPS) is 16.0. The molecule has 0 saturated heterocycles. The molecule has 2 aromatic rings. The minimum atomic E-state index is -0.245. The number of carbonyl (C=O) groups is 1. The molecule has 1 atom stereocenters. The zero-order valence-corrected chi connectivity index (χ0v) is 16.1. The summed E-state index contributed by atoms with van der Waals surface area (Å²) in [7, 11) is 1.62. The number of hydrogen-bond acceptors (Lipinski definition) is 5. The van der Waals surface area contributed by atoms with Crippen molar-refractivity contribution in [3.05, 3.63) is 51.4 Å². The number of rotatable bonds is 5. The molecule has 6 nitrogen and oxygen atoms in total. The smallest absolute Gasteiger partial charge is 0.257 e. The number of ether oxygens (including phenoxy) is 1. The van der Waals surface area contributed by atoms with E-state index in [9.17, 15) is 9.59 Å². The predicted octanol–water partition coefficient (Wildman–Crippen LogP) is 2.16. The van der Waals surface area contributed by atoms with Crippen molar-refractivity contribution in [3.63, 3.8) is 0 Å². The highest BCUT2D eigenvalue weighted by atomic mass is 32.2. The predicted molar refractivity (Wildman–Crippen MR) is 102 cm³/mol. The quantitative estimate of drug-likeness (QED) is 0.813. The average molecular weight is 373 g/mol. The summed E-state index contributed by atoms with van der Waals surface area (Å²) in [6.45, 7) is 4.64. The Morgan fingerprint density at radius 1 is 1.46 bits per heavy atom. The number of carbonyl (C=O) groups excluding carboxylic acids is 1. The first-order valence-electron chi connectivity index (χ1n) is 8.67. The van der Waals surface area contributed by atoms with E-state index in [1.807, 2.05) is 38.1 Å². The fourth-order valence-electron chi connectivity index (χ4n) is 3.08. The van der Waals surface area contributed by atoms with Crippen LogP contribution in [0.2, 0.25) is 0 Å². The van der Waals surface area contributed by atoms with Crippen LogP contribution in [0.3, 0.4) is 0 Å². The third-order valence-corrected chi connectivity index (χ3v) is 5.72. The topological polar surface area (TPSA) is 73.2 Å². The molecule has 0 aliphatic carbocycles. The van der Waals surface area contributed by atoms with Crippen molar-refractivity contribution in [1.29, 1.82) is 0 Å². The molecule has 7 heteroatoms. The van der Waals surface area contributed by atoms with E-state index in [0.717, 1.165) is 22.6 Å². The van der Waals surface area contributed by atoms with Gasteiger partial charge in [0.05, 0.1) is 13.0 Å². The van der Waals surface area contributed by atoms with Crippen LogP contribution in [0.4, 0.5) is 0 Å². The minimum absolute atomic E-state index is 0.0206. The van der Waals surface area contributed by atoms with Gasteiger partial charge in [-0.25, -0.2) is 4.98 Å². The number of amides is 1. The van der Waals surface area contributed by atoms with E-state index in [0.29, 0.717) is 30.4 Å². The lowest BCUT2D eigenvalue weighted by atomic mass is 10.1. The second-order valence-corrected chi connectivity index (χ2v) is 7.29. The van der Waals surface area contributed by atoms with Gasteiger partial charge >= 0.3 is 0 Å². The van der Waals surface area contributed by atoms with Crippen molar-refractivity contribution >= 4 is 17.7 Å². The monoisotopic (exact) mass is 373 g/mol. The third-order valence-electron chi connectivity index (χ3n) is 4.58. The van der Waals surface area contributed by atoms with Crippen molar-refractivity contribution < 1.29 is 9.53 Å². The lowest BCUT2D eigenvalue weighted by molar-refractivity contribution is -0.125. The van der Waals surface area contributed by atoms with Crippen LogP contribution in [0.15, 0.2) is 34.2 Å². The van der Waals surface area contributed by atoms with Gasteiger partial charge < -0.3 is 10.1 Å². The molecule has 0 fully saturated rings. The molecular weight excluding hydrogens is 350 g/mol. The molecule has 1 aliphatic heterocycles. The zero-order chi connectivity index (χ0) is 18.7. The van der Waals surface area contributed by atoms with Gasteiger partial charge in [0.25, 0.3) is 5.56 Å². The van der Waals surface area contributed by atoms with E-state index in [1.165, 1.54) is 11.8 Å². The summed E-state index contributed by atoms with van der Waals surface area (Å²) in [5, 5.41) is 3.68. The van der Waals surface area contributed by atoms with Crippen LogP contribution in [0.5, 0.6) is 5.75 Å². The van der Waals surface area contributed by atoms with Gasteiger partial charge in [0, 0.05) is 30.1 Å². The molecule has 0 radical (unpaired) electrons. The fraction of sp³-hybridized carbons (Fsp3) is 0.421. The Labute approximate surface area is 157 Å². The van der Waals surface area contributed by atoms with Crippen LogP contribution in [-0.4, -0.2) is 28.3 Å². The molecule has 0 saturated carbocycles. The molecule has 1 N–H and O–H groups in total. The molecule has 0 spiro atoms. The van der Waals surface area contributed by atoms with Gasteiger partial charge in [-0.3, -0.25) is 14.2 Å². The average Bonchev–Trinajstić information content (AvgIpc) is 2.66. The molecule has 1 amide bonds. The summed E-state index contributed by atoms with van der Waals surface area (Å²) in [4.78, 5) is 29.8. The molecule has 1 aromatic heterocycles. The second-order valence-electron chi connectivity index (χ2n) is 6.30. The molecule has 26 heavy (non-hydrogen) atoms. The van der Waals surface area contributed by atoms with Gasteiger partial charge in [0.2, 0.25) is 5.91 Å². The molecule has 3 rings (SSSR count). The van der Waals surface area contributed by atoms with Crippen molar-refractivity contribution in [1.82, 2.24) is 14.9 Å². The Morgan fingerprint density at radius 3 is 3.00 bits per heavy atom. The molecule has 1 unspecified atom stereocenters. The Balaban J connectivity index is 1.70. The van der Waals surface area contributed by atoms with Gasteiger partial charge in [-0.1, -0.05) is 30.8 Å². The van der Waals surface area contributed by atoms with Crippen LogP contribution >= 0.6 is 11.8 Å². The van der Waals surface area contributed by atoms with E-state index >= 15 is 0 Å². The number of fused-ring (bicyclic) bond motifs is 1. The maximum absolute atomic E-state index is 12.6. The zero-order valence-electron chi connectivity index (χ0n) is 15.2. The first-order valence-corrected chi connectivity index (χ1v) is 9.65. The summed E-state index contributed by atoms with van der Waals surface area (Å²) in [6.07, 6.45) is 0.648. The van der Waals surface area contributed by atoms with Gasteiger partial charge in [0.1, 0.15) is 5.75 Å². The highest BCUT2D eigenvalue weighted by molar-refractivity contribution is 7.99. The van der Waals surface area contributed by atoms with Crippen LogP contribution in [0.25, 0.3) is 0 Å². The maximum atomic E-state index is 12.6. The van der Waals surface area contributed by atoms with E-state index in [2.05, 4.69) is 10.3 Å². The standard InChI is InChI=1S/C19H23N3O3S/c1-4-16-12(2)21-19-22(18(16)24)10-14(11-26-19)17(23)20-9-13-6-5-7-15(8-13)25-3/h5-8,14H,4,9-11H2,1-3H3,(H,20,23). The van der Waals surface area contributed by atoms with E-state index in [4.69, 9.17) is 4.74 Å². The fourth-order valence-corrected chi connectivity index (χ4v) is 4.20. The molecule has 2 heterocycles. The second kappa shape index (κ2) is 7.95. The number of methoxy groups -OCH3 is 1. The number of nitrogens with one attached hydrogen (secondary N) is 1. The highest BCUT2D eigenvalue weighted by Gasteiger charge is 2.27. The number of benzene rings is 1. The minimum Gasteiger partial charge on any atom is -0.497 e. The third kappa shape index (κ3) is 3.77. The summed E-state index contributed by atoms with van der Waals surface area (Å²) in [6, 6.07) is 7.61. The van der Waals surface area contributed by atoms with Gasteiger partial charge in [-0.15, -0.1) is 0 Å². The van der Waals surface area contributed by atoms with Crippen molar-refractivity contribution in [2.45, 2.75) is 38.5 Å². The molecule has 1 aromatic carbocycles. The Bertz CT molecular complexity index is 879. The lowest BCUT2D eigenvalue weighted by Gasteiger charge is -2.25. The van der Waals surface area contributed by atoms with Gasteiger partial charge in [-0.2, -0.15) is 0 Å². The van der Waals surface area contributed by atoms with Crippen LogP contribution in [0, 0.1) is 12.8 Å². The number of aryl methyl sites for hydroxylation is 1. The summed E-state index contributed by atoms with van der Waals surface area (Å²) in [5.74, 6) is 1.10. The number of thioether (sulfide) groups is 1. The van der Waals surface area contributed by atoms with E-state index in [1.54, 1.807) is 11.7 Å². The maximum Gasteiger partial charge on any atom is 0.257 e. The van der Waals surface area contributed by atoms with E-state index in [-0.39, 0.29) is 17.4 Å². The summed E-state index contributed by atoms with van der Waals surface area (Å²) in [5.41, 5.74) is 2.47. The first kappa shape index (κ1) is 18.5. The largest absolute Gasteiger partial charge is 0.497 e. The Morgan fingerprint density at radius 2 is 2.27 bits per heavy atom. The van der Waals surface area contributed by atoms with Crippen LogP contribution < -0.4 is 15.6 Å². The van der Waals surface area contributed by atoms with Crippen molar-refractivity contribution in [2.75, 3.05) is 12.9 Å². The van der Waals surface area contributed by atoms with E-state index < -0.39 is 0 Å². The molecule has 1 aliphatic rings. The van der Waals surface area contributed by atoms with Crippen LogP contribution in [-0.2, 0) is 24.3 Å². The first-order chi connectivity index (χ1) is 12.5. The summed E-state index contributed by atoms with van der Waals surface area (Å²) < 4.78 is 6.85. The highest BCUT2D eigenvalue weighted by Crippen LogP contribution is 2.26. The Hall–Kier alpha value is -2.28. The summed E-state index contributed by atoms with van der Waals surface area (Å²) >= 11 is 1.47. The number of aromatic nitrogens is 2. The molecule has 0 bridgehead atoms. The van der Waals surface area contributed by atoms with Crippen molar-refractivity contribution in [3.8, 4) is 5.75 Å². The molecular formula is C19H23N3O3S. The Kier molecular flexibility index (Phi) is 5.66. The number of nitrogens with zero attached hydrogens (tertiary/aromatic N) is 2. The number of hydrogen-bond donors (Lipinski definition) is 1.